The molecule has 1 fully saturated rings. The van der Waals surface area contributed by atoms with Crippen LogP contribution in [0.4, 0.5) is 28.0 Å². The number of carbonyl (C=O) groups excluding carboxylic acids is 3. The summed E-state index contributed by atoms with van der Waals surface area (Å²) in [4.78, 5) is 42.2. The van der Waals surface area contributed by atoms with Crippen LogP contribution >= 0.6 is 0 Å². The van der Waals surface area contributed by atoms with Crippen LogP contribution in [-0.4, -0.2) is 47.2 Å². The van der Waals surface area contributed by atoms with Gasteiger partial charge in [-0.25, -0.2) is 22.8 Å². The number of nitrogens with two attached hydrogens (primary N) is 1. The van der Waals surface area contributed by atoms with Crippen molar-refractivity contribution >= 4 is 34.6 Å². The summed E-state index contributed by atoms with van der Waals surface area (Å²) in [5.41, 5.74) is 2.47. The van der Waals surface area contributed by atoms with Gasteiger partial charge in [-0.05, 0) is 107 Å². The molecule has 5 rings (SSSR count). The van der Waals surface area contributed by atoms with Gasteiger partial charge in [0.2, 0.25) is 0 Å². The van der Waals surface area contributed by atoms with Crippen LogP contribution in [0.15, 0.2) is 66.9 Å². The zero-order valence-electron chi connectivity index (χ0n) is 31.8. The van der Waals surface area contributed by atoms with Crippen molar-refractivity contribution in [3.05, 3.63) is 106 Å². The maximum atomic E-state index is 15.7. The number of benzene rings is 2. The number of anilines is 1. The van der Waals surface area contributed by atoms with Gasteiger partial charge in [-0.15, -0.1) is 0 Å². The number of hydrogen-bond donors (Lipinski definition) is 4. The molecule has 300 valence electrons. The first kappa shape index (κ1) is 42.0. The fourth-order valence-corrected chi connectivity index (χ4v) is 6.75. The quantitative estimate of drug-likeness (QED) is 0.103. The molecule has 2 aromatic heterocycles. The third-order valence-electron chi connectivity index (χ3n) is 8.89. The minimum atomic E-state index is -4.94. The number of halogens is 4. The number of nitrogens with zero attached hydrogens (tertiary/aromatic N) is 3. The summed E-state index contributed by atoms with van der Waals surface area (Å²) in [6.07, 6.45) is -1.18. The van der Waals surface area contributed by atoms with E-state index < -0.39 is 68.2 Å². The minimum absolute atomic E-state index is 0.00600. The van der Waals surface area contributed by atoms with Crippen molar-refractivity contribution in [1.29, 1.82) is 0 Å². The molecule has 4 aromatic rings. The van der Waals surface area contributed by atoms with Crippen LogP contribution in [0.25, 0.3) is 5.69 Å². The molecule has 1 saturated carbocycles. The standard InChI is InChI=1S/C39H45F4N7O5S/c1-36(2,3)55-35(53)46-21-24-8-7-9-27(18-24)50-31(20-32(48-50)39(41,42)43)34(52)47-30-19-25(12-14-28(30)40)38(17-16-23-10-11-23,49-56(54)37(4,5)6)26-13-15-29(33(44)51)45-22-26/h7-9,12-15,18-20,22-23,49H,10-11,16-17,21H2,1-6H3,(H2,44,51)(H,46,53)(H,47,52)/t38?,56-/m1/s1. The van der Waals surface area contributed by atoms with E-state index in [0.717, 1.165) is 23.6 Å². The van der Waals surface area contributed by atoms with Gasteiger partial charge < -0.3 is 21.1 Å². The monoisotopic (exact) mass is 799 g/mol. The number of pyridine rings is 1. The van der Waals surface area contributed by atoms with E-state index in [4.69, 9.17) is 10.5 Å². The highest BCUT2D eigenvalue weighted by molar-refractivity contribution is 7.84. The van der Waals surface area contributed by atoms with Crippen LogP contribution in [0.5, 0.6) is 0 Å². The van der Waals surface area contributed by atoms with Crippen LogP contribution < -0.4 is 21.1 Å². The number of ether oxygens (including phenoxy) is 1. The molecule has 1 aliphatic rings. The number of primary amides is 1. The lowest BCUT2D eigenvalue weighted by molar-refractivity contribution is -0.141. The zero-order chi connectivity index (χ0) is 41.2. The Morgan fingerprint density at radius 2 is 1.66 bits per heavy atom. The summed E-state index contributed by atoms with van der Waals surface area (Å²) in [6, 6.07) is 13.5. The summed E-state index contributed by atoms with van der Waals surface area (Å²) >= 11 is 0. The molecular formula is C39H45F4N7O5S. The van der Waals surface area contributed by atoms with Gasteiger partial charge in [-0.3, -0.25) is 14.6 Å². The van der Waals surface area contributed by atoms with E-state index in [2.05, 4.69) is 25.4 Å². The Labute approximate surface area is 324 Å². The van der Waals surface area contributed by atoms with Gasteiger partial charge in [-0.1, -0.05) is 37.1 Å². The Bertz CT molecular complexity index is 2120. The molecule has 0 spiro atoms. The molecular weight excluding hydrogens is 755 g/mol. The fourth-order valence-electron chi connectivity index (χ4n) is 5.79. The van der Waals surface area contributed by atoms with Gasteiger partial charge in [0.15, 0.2) is 5.69 Å². The van der Waals surface area contributed by atoms with Gasteiger partial charge in [0, 0.05) is 18.8 Å². The first-order valence-electron chi connectivity index (χ1n) is 17.9. The lowest BCUT2D eigenvalue weighted by Gasteiger charge is -2.38. The lowest BCUT2D eigenvalue weighted by Crippen LogP contribution is -2.49. The second-order valence-corrected chi connectivity index (χ2v) is 17.6. The zero-order valence-corrected chi connectivity index (χ0v) is 32.7. The van der Waals surface area contributed by atoms with Crippen molar-refractivity contribution in [2.75, 3.05) is 5.32 Å². The van der Waals surface area contributed by atoms with Crippen LogP contribution in [0, 0.1) is 11.7 Å². The third kappa shape index (κ3) is 10.4. The van der Waals surface area contributed by atoms with E-state index in [1.165, 1.54) is 42.6 Å². The van der Waals surface area contributed by atoms with E-state index in [1.807, 2.05) is 0 Å². The molecule has 56 heavy (non-hydrogen) atoms. The Morgan fingerprint density at radius 1 is 0.964 bits per heavy atom. The molecule has 0 bridgehead atoms. The van der Waals surface area contributed by atoms with Crippen LogP contribution in [0.2, 0.25) is 0 Å². The predicted molar refractivity (Wildman–Crippen MR) is 203 cm³/mol. The fraction of sp³-hybridized carbons (Fsp3) is 0.410. The van der Waals surface area contributed by atoms with Gasteiger partial charge >= 0.3 is 12.3 Å². The van der Waals surface area contributed by atoms with Gasteiger partial charge in [0.1, 0.15) is 22.8 Å². The Balaban J connectivity index is 1.55. The topological polar surface area (TPSA) is 170 Å². The Kier molecular flexibility index (Phi) is 12.1. The Morgan fingerprint density at radius 3 is 2.25 bits per heavy atom. The highest BCUT2D eigenvalue weighted by Crippen LogP contribution is 2.43. The summed E-state index contributed by atoms with van der Waals surface area (Å²) in [5.74, 6) is -2.36. The number of nitrogens with one attached hydrogen (secondary N) is 3. The van der Waals surface area contributed by atoms with E-state index in [-0.39, 0.29) is 23.6 Å². The number of alkyl halides is 3. The SMILES string of the molecule is CC(C)(C)OC(=O)NCc1cccc(-n2nc(C(F)(F)F)cc2C(=O)Nc2cc(C(CCC3CC3)(N[S@](=O)C(C)(C)C)c3ccc(C(N)=O)nc3)ccc2F)c1. The summed E-state index contributed by atoms with van der Waals surface area (Å²) < 4.78 is 80.1. The van der Waals surface area contributed by atoms with E-state index >= 15 is 4.39 Å². The predicted octanol–water partition coefficient (Wildman–Crippen LogP) is 7.29. The number of carbonyl (C=O) groups is 3. The molecule has 5 N–H and O–H groups in total. The average molecular weight is 800 g/mol. The molecule has 17 heteroatoms. The molecule has 0 aliphatic heterocycles. The first-order chi connectivity index (χ1) is 26.1. The second kappa shape index (κ2) is 16.1. The van der Waals surface area contributed by atoms with E-state index in [0.29, 0.717) is 41.5 Å². The first-order valence-corrected chi connectivity index (χ1v) is 19.0. The van der Waals surface area contributed by atoms with Gasteiger partial charge in [0.05, 0.1) is 32.6 Å². The normalized spacial score (nSPS) is 15.1. The number of aromatic nitrogens is 3. The Hall–Kier alpha value is -5.16. The summed E-state index contributed by atoms with van der Waals surface area (Å²) in [5, 5.41) is 8.69. The van der Waals surface area contributed by atoms with Crippen LogP contribution in [0.3, 0.4) is 0 Å². The minimum Gasteiger partial charge on any atom is -0.444 e. The van der Waals surface area contributed by atoms with E-state index in [9.17, 15) is 31.8 Å². The molecule has 3 amide bonds. The molecule has 2 heterocycles. The maximum absolute atomic E-state index is 15.7. The van der Waals surface area contributed by atoms with Gasteiger partial charge in [-0.2, -0.15) is 18.3 Å². The number of hydrogen-bond acceptors (Lipinski definition) is 7. The van der Waals surface area contributed by atoms with Crippen molar-refractivity contribution in [2.45, 2.75) is 95.8 Å². The van der Waals surface area contributed by atoms with Crippen molar-refractivity contribution in [2.24, 2.45) is 11.7 Å². The largest absolute Gasteiger partial charge is 0.444 e. The average Bonchev–Trinajstić information content (AvgIpc) is 3.82. The molecule has 0 radical (unpaired) electrons. The third-order valence-corrected chi connectivity index (χ3v) is 10.5. The van der Waals surface area contributed by atoms with Crippen molar-refractivity contribution < 1.29 is 40.9 Å². The van der Waals surface area contributed by atoms with E-state index in [1.54, 1.807) is 53.7 Å². The molecule has 2 aromatic carbocycles. The highest BCUT2D eigenvalue weighted by Gasteiger charge is 2.41. The maximum Gasteiger partial charge on any atom is 0.435 e. The van der Waals surface area contributed by atoms with Crippen molar-refractivity contribution in [3.63, 3.8) is 0 Å². The lowest BCUT2D eigenvalue weighted by atomic mass is 9.80. The van der Waals surface area contributed by atoms with Crippen LogP contribution in [0.1, 0.15) is 111 Å². The van der Waals surface area contributed by atoms with Crippen LogP contribution in [-0.2, 0) is 34.0 Å². The number of amides is 3. The highest BCUT2D eigenvalue weighted by atomic mass is 32.2. The van der Waals surface area contributed by atoms with Crippen molar-refractivity contribution in [1.82, 2.24) is 24.8 Å². The number of rotatable bonds is 13. The van der Waals surface area contributed by atoms with Crippen molar-refractivity contribution in [3.8, 4) is 5.69 Å². The molecule has 1 unspecified atom stereocenters. The number of alkyl carbamates (subject to hydrolysis) is 1. The summed E-state index contributed by atoms with van der Waals surface area (Å²) in [7, 11) is -1.71. The smallest absolute Gasteiger partial charge is 0.435 e. The molecule has 0 saturated heterocycles. The van der Waals surface area contributed by atoms with Gasteiger partial charge in [0.25, 0.3) is 11.8 Å². The molecule has 12 nitrogen and oxygen atoms in total. The second-order valence-electron chi connectivity index (χ2n) is 15.7. The molecule has 1 aliphatic carbocycles. The summed E-state index contributed by atoms with van der Waals surface area (Å²) in [6.45, 7) is 10.4. The molecule has 2 atom stereocenters.